The van der Waals surface area contributed by atoms with Gasteiger partial charge in [-0.2, -0.15) is 0 Å². The van der Waals surface area contributed by atoms with Crippen molar-refractivity contribution in [1.29, 1.82) is 0 Å². The Kier molecular flexibility index (Phi) is 4.82. The zero-order chi connectivity index (χ0) is 23.7. The molecule has 6 nitrogen and oxygen atoms in total. The van der Waals surface area contributed by atoms with Crippen LogP contribution in [-0.2, 0) is 9.68 Å². The van der Waals surface area contributed by atoms with Gasteiger partial charge >= 0.3 is 0 Å². The minimum Gasteiger partial charge on any atom is -0.384 e. The van der Waals surface area contributed by atoms with Gasteiger partial charge in [0.25, 0.3) is 0 Å². The minimum absolute atomic E-state index is 0.146. The van der Waals surface area contributed by atoms with Crippen molar-refractivity contribution in [3.63, 3.8) is 0 Å². The van der Waals surface area contributed by atoms with Crippen molar-refractivity contribution in [2.75, 3.05) is 6.54 Å². The summed E-state index contributed by atoms with van der Waals surface area (Å²) in [5.74, 6) is 1.59. The van der Waals surface area contributed by atoms with Crippen LogP contribution in [0.4, 0.5) is 0 Å². The summed E-state index contributed by atoms with van der Waals surface area (Å²) in [6.45, 7) is 17.5. The number of oxime groups is 2. The molecule has 33 heavy (non-hydrogen) atoms. The Balaban J connectivity index is 1.71. The van der Waals surface area contributed by atoms with Crippen molar-refractivity contribution < 1.29 is 9.68 Å². The zero-order valence-corrected chi connectivity index (χ0v) is 20.8. The van der Waals surface area contributed by atoms with E-state index < -0.39 is 5.72 Å². The molecule has 172 valence electrons. The highest BCUT2D eigenvalue weighted by Crippen LogP contribution is 2.39. The molecule has 3 aliphatic rings. The van der Waals surface area contributed by atoms with Gasteiger partial charge in [-0.3, -0.25) is 5.01 Å². The molecule has 0 unspecified atom stereocenters. The number of hydrogen-bond donors (Lipinski definition) is 0. The molecule has 2 bridgehead atoms. The maximum absolute atomic E-state index is 6.16. The highest BCUT2D eigenvalue weighted by molar-refractivity contribution is 6.06. The fourth-order valence-corrected chi connectivity index (χ4v) is 5.61. The first-order valence-electron chi connectivity index (χ1n) is 11.5. The van der Waals surface area contributed by atoms with Gasteiger partial charge in [-0.25, -0.2) is 5.01 Å². The number of amidine groups is 2. The van der Waals surface area contributed by atoms with E-state index in [2.05, 4.69) is 106 Å². The second-order valence-corrected chi connectivity index (χ2v) is 9.90. The molecule has 3 aliphatic heterocycles. The van der Waals surface area contributed by atoms with Crippen LogP contribution in [0.3, 0.4) is 0 Å². The van der Waals surface area contributed by atoms with E-state index in [0.29, 0.717) is 6.54 Å². The number of hydrazine groups is 1. The van der Waals surface area contributed by atoms with Gasteiger partial charge in [-0.05, 0) is 82.4 Å². The van der Waals surface area contributed by atoms with Crippen molar-refractivity contribution >= 4 is 11.7 Å². The first-order chi connectivity index (χ1) is 15.6. The normalized spacial score (nSPS) is 23.8. The molecule has 0 radical (unpaired) electrons. The standard InChI is InChI=1S/C27H32N4O2/c1-15-9-17(3)23(18(4)10-15)25-28-32-22-14-30(25)31-26(29-33-27(31,8)13-21(22)7)24-19(5)11-16(2)12-20(24)6/h9-13,22H,14H2,1-8H3/t22-,27-/m0/s1. The van der Waals surface area contributed by atoms with Crippen LogP contribution in [0.1, 0.15) is 58.4 Å². The van der Waals surface area contributed by atoms with Crippen LogP contribution >= 0.6 is 0 Å². The number of benzene rings is 2. The maximum Gasteiger partial charge on any atom is 0.245 e. The molecule has 0 aromatic heterocycles. The van der Waals surface area contributed by atoms with Crippen LogP contribution in [0.5, 0.6) is 0 Å². The summed E-state index contributed by atoms with van der Waals surface area (Å²) in [7, 11) is 0. The van der Waals surface area contributed by atoms with E-state index in [1.165, 1.54) is 33.4 Å². The van der Waals surface area contributed by atoms with Crippen molar-refractivity contribution in [3.8, 4) is 0 Å². The molecule has 5 rings (SSSR count). The molecular formula is C27H32N4O2. The Morgan fingerprint density at radius 1 is 0.788 bits per heavy atom. The average Bonchev–Trinajstić information content (AvgIpc) is 2.99. The summed E-state index contributed by atoms with van der Waals surface area (Å²) < 4.78 is 0. The van der Waals surface area contributed by atoms with E-state index in [4.69, 9.17) is 9.68 Å². The van der Waals surface area contributed by atoms with Crippen LogP contribution in [0, 0.1) is 41.5 Å². The lowest BCUT2D eigenvalue weighted by atomic mass is 9.97. The second-order valence-electron chi connectivity index (χ2n) is 9.90. The third kappa shape index (κ3) is 3.31. The molecule has 0 saturated heterocycles. The van der Waals surface area contributed by atoms with E-state index in [0.717, 1.165) is 28.4 Å². The number of aryl methyl sites for hydroxylation is 6. The summed E-state index contributed by atoms with van der Waals surface area (Å²) in [6, 6.07) is 8.79. The second kappa shape index (κ2) is 7.37. The van der Waals surface area contributed by atoms with Crippen molar-refractivity contribution in [3.05, 3.63) is 80.4 Å². The van der Waals surface area contributed by atoms with E-state index >= 15 is 0 Å². The number of fused-ring (bicyclic) bond motifs is 4. The molecular weight excluding hydrogens is 412 g/mol. The van der Waals surface area contributed by atoms with Crippen molar-refractivity contribution in [2.45, 2.75) is 67.2 Å². The highest BCUT2D eigenvalue weighted by Gasteiger charge is 2.51. The predicted molar refractivity (Wildman–Crippen MR) is 131 cm³/mol. The summed E-state index contributed by atoms with van der Waals surface area (Å²) in [5.41, 5.74) is 9.65. The number of rotatable bonds is 2. The maximum atomic E-state index is 6.16. The largest absolute Gasteiger partial charge is 0.384 e. The Bertz CT molecular complexity index is 1210. The van der Waals surface area contributed by atoms with Gasteiger partial charge in [0.15, 0.2) is 17.8 Å². The van der Waals surface area contributed by atoms with E-state index in [1.807, 2.05) is 0 Å². The zero-order valence-electron chi connectivity index (χ0n) is 20.8. The van der Waals surface area contributed by atoms with Gasteiger partial charge < -0.3 is 9.68 Å². The fourth-order valence-electron chi connectivity index (χ4n) is 5.61. The van der Waals surface area contributed by atoms with Crippen LogP contribution in [0.2, 0.25) is 0 Å². The summed E-state index contributed by atoms with van der Waals surface area (Å²) >= 11 is 0. The predicted octanol–water partition coefficient (Wildman–Crippen LogP) is 5.18. The smallest absolute Gasteiger partial charge is 0.245 e. The third-order valence-corrected chi connectivity index (χ3v) is 6.83. The van der Waals surface area contributed by atoms with E-state index in [-0.39, 0.29) is 6.10 Å². The molecule has 3 heterocycles. The first kappa shape index (κ1) is 21.6. The van der Waals surface area contributed by atoms with Crippen LogP contribution in [-0.4, -0.2) is 40.1 Å². The third-order valence-electron chi connectivity index (χ3n) is 6.83. The quantitative estimate of drug-likeness (QED) is 0.599. The van der Waals surface area contributed by atoms with Gasteiger partial charge in [0.2, 0.25) is 5.72 Å². The Hall–Kier alpha value is -3.28. The Labute approximate surface area is 196 Å². The molecule has 0 saturated carbocycles. The van der Waals surface area contributed by atoms with Gasteiger partial charge in [-0.15, -0.1) is 0 Å². The topological polar surface area (TPSA) is 49.7 Å². The van der Waals surface area contributed by atoms with E-state index in [9.17, 15) is 0 Å². The first-order valence-corrected chi connectivity index (χ1v) is 11.5. The molecule has 0 aliphatic carbocycles. The molecule has 0 amide bonds. The van der Waals surface area contributed by atoms with Gasteiger partial charge in [0.1, 0.15) is 0 Å². The molecule has 0 N–H and O–H groups in total. The summed E-state index contributed by atoms with van der Waals surface area (Å²) in [5, 5.41) is 13.7. The Morgan fingerprint density at radius 3 is 1.85 bits per heavy atom. The molecule has 0 fully saturated rings. The molecule has 6 heteroatoms. The molecule has 2 aromatic carbocycles. The lowest BCUT2D eigenvalue weighted by Gasteiger charge is -2.43. The lowest BCUT2D eigenvalue weighted by Crippen LogP contribution is -2.59. The fraction of sp³-hybridized carbons (Fsp3) is 0.407. The molecule has 2 aromatic rings. The van der Waals surface area contributed by atoms with Crippen LogP contribution < -0.4 is 0 Å². The SMILES string of the molecule is CC1=C[C@]2(C)ON=C(c3c(C)cc(C)cc3C)N2N2C[C@@H]1ON=C2c1c(C)cc(C)cc1C. The number of nitrogens with zero attached hydrogens (tertiary/aromatic N) is 4. The lowest BCUT2D eigenvalue weighted by molar-refractivity contribution is -0.115. The minimum atomic E-state index is -0.779. The monoisotopic (exact) mass is 444 g/mol. The number of hydrogen-bond acceptors (Lipinski definition) is 6. The average molecular weight is 445 g/mol. The van der Waals surface area contributed by atoms with Crippen molar-refractivity contribution in [2.24, 2.45) is 10.3 Å². The summed E-state index contributed by atoms with van der Waals surface area (Å²) in [6.07, 6.45) is 1.97. The van der Waals surface area contributed by atoms with Gasteiger partial charge in [-0.1, -0.05) is 45.7 Å². The van der Waals surface area contributed by atoms with Gasteiger partial charge in [0, 0.05) is 18.1 Å². The summed E-state index contributed by atoms with van der Waals surface area (Å²) in [4.78, 5) is 12.2. The molecule has 0 spiro atoms. The van der Waals surface area contributed by atoms with E-state index in [1.54, 1.807) is 0 Å². The highest BCUT2D eigenvalue weighted by atomic mass is 16.7. The molecule has 2 atom stereocenters. The van der Waals surface area contributed by atoms with Crippen LogP contribution in [0.15, 0.2) is 46.2 Å². The Morgan fingerprint density at radius 2 is 1.30 bits per heavy atom. The van der Waals surface area contributed by atoms with Crippen molar-refractivity contribution in [1.82, 2.24) is 10.0 Å². The van der Waals surface area contributed by atoms with Crippen LogP contribution in [0.25, 0.3) is 0 Å². The van der Waals surface area contributed by atoms with Gasteiger partial charge in [0.05, 0.1) is 6.54 Å².